The van der Waals surface area contributed by atoms with Crippen LogP contribution in [0.4, 0.5) is 5.69 Å². The second kappa shape index (κ2) is 14.0. The molecular weight excluding hydrogens is 542 g/mol. The van der Waals surface area contributed by atoms with E-state index < -0.39 is 28.5 Å². The van der Waals surface area contributed by atoms with Crippen molar-refractivity contribution >= 4 is 27.5 Å². The summed E-state index contributed by atoms with van der Waals surface area (Å²) in [5.41, 5.74) is 1.74. The average Bonchev–Trinajstić information content (AvgIpc) is 2.98. The standard InChI is InChI=1S/C31H39N3O6S/c1-7-23(3)32-31(36)24(4)33(20-25-12-11-13-26(19-25)39-5)30(35)21-34(28-18-22(2)16-17-29(28)40-6)41(37,38)27-14-9-8-10-15-27/h8-19,23-24H,7,20-21H2,1-6H3,(H,32,36)/t23-,24+/m1/s1. The Morgan fingerprint density at radius 1 is 0.927 bits per heavy atom. The largest absolute Gasteiger partial charge is 0.497 e. The molecule has 9 nitrogen and oxygen atoms in total. The van der Waals surface area contributed by atoms with Crippen molar-refractivity contribution in [2.45, 2.75) is 57.6 Å². The van der Waals surface area contributed by atoms with Crippen molar-refractivity contribution in [3.63, 3.8) is 0 Å². The lowest BCUT2D eigenvalue weighted by Crippen LogP contribution is -2.52. The number of hydrogen-bond donors (Lipinski definition) is 1. The fourth-order valence-electron chi connectivity index (χ4n) is 4.24. The van der Waals surface area contributed by atoms with Crippen molar-refractivity contribution in [1.82, 2.24) is 10.2 Å². The Kier molecular flexibility index (Phi) is 10.8. The lowest BCUT2D eigenvalue weighted by Gasteiger charge is -2.33. The Bertz CT molecular complexity index is 1450. The third kappa shape index (κ3) is 7.79. The predicted molar refractivity (Wildman–Crippen MR) is 160 cm³/mol. The number of nitrogens with zero attached hydrogens (tertiary/aromatic N) is 2. The minimum Gasteiger partial charge on any atom is -0.497 e. The molecule has 0 fully saturated rings. The van der Waals surface area contributed by atoms with E-state index >= 15 is 0 Å². The molecule has 3 aromatic rings. The Balaban J connectivity index is 2.09. The number of hydrogen-bond acceptors (Lipinski definition) is 6. The molecule has 10 heteroatoms. The number of carbonyl (C=O) groups excluding carboxylic acids is 2. The van der Waals surface area contributed by atoms with E-state index in [0.717, 1.165) is 21.9 Å². The molecule has 3 aromatic carbocycles. The summed E-state index contributed by atoms with van der Waals surface area (Å²) in [6.45, 7) is 6.82. The van der Waals surface area contributed by atoms with Crippen molar-refractivity contribution in [2.24, 2.45) is 0 Å². The first kappa shape index (κ1) is 31.5. The first-order chi connectivity index (χ1) is 19.5. The van der Waals surface area contributed by atoms with E-state index in [-0.39, 0.29) is 29.1 Å². The Hall–Kier alpha value is -4.05. The highest BCUT2D eigenvalue weighted by Crippen LogP contribution is 2.33. The van der Waals surface area contributed by atoms with Gasteiger partial charge in [0, 0.05) is 12.6 Å². The summed E-state index contributed by atoms with van der Waals surface area (Å²) in [5.74, 6) is 0.0121. The van der Waals surface area contributed by atoms with Crippen molar-refractivity contribution in [1.29, 1.82) is 0 Å². The van der Waals surface area contributed by atoms with Crippen LogP contribution in [0, 0.1) is 6.92 Å². The zero-order chi connectivity index (χ0) is 30.2. The number of benzene rings is 3. The van der Waals surface area contributed by atoms with Gasteiger partial charge < -0.3 is 19.7 Å². The maximum absolute atomic E-state index is 14.1. The summed E-state index contributed by atoms with van der Waals surface area (Å²) in [6.07, 6.45) is 0.721. The number of methoxy groups -OCH3 is 2. The van der Waals surface area contributed by atoms with E-state index in [9.17, 15) is 18.0 Å². The number of amides is 2. The SMILES string of the molecule is CC[C@@H](C)NC(=O)[C@H](C)N(Cc1cccc(OC)c1)C(=O)CN(c1cc(C)ccc1OC)S(=O)(=O)c1ccccc1. The molecule has 0 radical (unpaired) electrons. The fraction of sp³-hybridized carbons (Fsp3) is 0.355. The molecule has 2 atom stereocenters. The Morgan fingerprint density at radius 2 is 1.63 bits per heavy atom. The average molecular weight is 582 g/mol. The molecule has 0 saturated heterocycles. The minimum absolute atomic E-state index is 0.0262. The molecule has 1 N–H and O–H groups in total. The van der Waals surface area contributed by atoms with Gasteiger partial charge in [-0.3, -0.25) is 13.9 Å². The summed E-state index contributed by atoms with van der Waals surface area (Å²) in [4.78, 5) is 28.7. The van der Waals surface area contributed by atoms with E-state index in [4.69, 9.17) is 9.47 Å². The lowest BCUT2D eigenvalue weighted by atomic mass is 10.1. The van der Waals surface area contributed by atoms with Crippen molar-refractivity contribution in [3.05, 3.63) is 83.9 Å². The van der Waals surface area contributed by atoms with Gasteiger partial charge in [0.05, 0.1) is 24.8 Å². The van der Waals surface area contributed by atoms with Gasteiger partial charge in [-0.25, -0.2) is 8.42 Å². The summed E-state index contributed by atoms with van der Waals surface area (Å²) >= 11 is 0. The molecule has 0 aliphatic carbocycles. The first-order valence-corrected chi connectivity index (χ1v) is 14.9. The van der Waals surface area contributed by atoms with Gasteiger partial charge in [0.1, 0.15) is 24.1 Å². The van der Waals surface area contributed by atoms with E-state index in [2.05, 4.69) is 5.32 Å². The third-order valence-corrected chi connectivity index (χ3v) is 8.64. The lowest BCUT2D eigenvalue weighted by molar-refractivity contribution is -0.139. The molecule has 0 aromatic heterocycles. The topological polar surface area (TPSA) is 105 Å². The summed E-state index contributed by atoms with van der Waals surface area (Å²) in [5, 5.41) is 2.93. The molecule has 0 aliphatic heterocycles. The van der Waals surface area contributed by atoms with Gasteiger partial charge in [0.15, 0.2) is 0 Å². The molecule has 0 bridgehead atoms. The molecule has 2 amide bonds. The zero-order valence-corrected chi connectivity index (χ0v) is 25.3. The van der Waals surface area contributed by atoms with Crippen LogP contribution in [-0.4, -0.2) is 58.0 Å². The third-order valence-electron chi connectivity index (χ3n) is 6.87. The Morgan fingerprint density at radius 3 is 2.27 bits per heavy atom. The van der Waals surface area contributed by atoms with Crippen LogP contribution in [0.3, 0.4) is 0 Å². The molecule has 0 saturated carbocycles. The van der Waals surface area contributed by atoms with Crippen molar-refractivity contribution in [3.8, 4) is 11.5 Å². The van der Waals surface area contributed by atoms with Crippen LogP contribution in [0.1, 0.15) is 38.3 Å². The predicted octanol–water partition coefficient (Wildman–Crippen LogP) is 4.54. The number of ether oxygens (including phenoxy) is 2. The number of sulfonamides is 1. The van der Waals surface area contributed by atoms with Crippen LogP contribution in [-0.2, 0) is 26.2 Å². The van der Waals surface area contributed by atoms with E-state index in [0.29, 0.717) is 11.5 Å². The highest BCUT2D eigenvalue weighted by Gasteiger charge is 2.34. The summed E-state index contributed by atoms with van der Waals surface area (Å²) in [7, 11) is -1.21. The molecule has 41 heavy (non-hydrogen) atoms. The molecule has 0 unspecified atom stereocenters. The van der Waals surface area contributed by atoms with Crippen molar-refractivity contribution < 1.29 is 27.5 Å². The van der Waals surface area contributed by atoms with E-state index in [1.54, 1.807) is 68.6 Å². The van der Waals surface area contributed by atoms with E-state index in [1.165, 1.54) is 24.1 Å². The molecule has 0 spiro atoms. The number of rotatable bonds is 13. The highest BCUT2D eigenvalue weighted by molar-refractivity contribution is 7.92. The maximum Gasteiger partial charge on any atom is 0.264 e. The van der Waals surface area contributed by atoms with Gasteiger partial charge in [-0.15, -0.1) is 0 Å². The smallest absolute Gasteiger partial charge is 0.264 e. The second-order valence-corrected chi connectivity index (χ2v) is 11.7. The Labute approximate surface area is 243 Å². The van der Waals surface area contributed by atoms with Crippen LogP contribution in [0.15, 0.2) is 77.7 Å². The maximum atomic E-state index is 14.1. The number of anilines is 1. The van der Waals surface area contributed by atoms with Crippen LogP contribution in [0.25, 0.3) is 0 Å². The van der Waals surface area contributed by atoms with Gasteiger partial charge in [-0.05, 0) is 74.7 Å². The van der Waals surface area contributed by atoms with Crippen LogP contribution >= 0.6 is 0 Å². The van der Waals surface area contributed by atoms with Crippen LogP contribution < -0.4 is 19.1 Å². The first-order valence-electron chi connectivity index (χ1n) is 13.5. The van der Waals surface area contributed by atoms with Gasteiger partial charge in [0.25, 0.3) is 10.0 Å². The molecule has 0 aliphatic rings. The van der Waals surface area contributed by atoms with E-state index in [1.807, 2.05) is 26.8 Å². The number of nitrogens with one attached hydrogen (secondary N) is 1. The summed E-state index contributed by atoms with van der Waals surface area (Å²) in [6, 6.07) is 19.3. The molecule has 220 valence electrons. The second-order valence-electron chi connectivity index (χ2n) is 9.87. The quantitative estimate of drug-likeness (QED) is 0.318. The molecule has 3 rings (SSSR count). The molecular formula is C31H39N3O6S. The monoisotopic (exact) mass is 581 g/mol. The fourth-order valence-corrected chi connectivity index (χ4v) is 5.68. The number of aryl methyl sites for hydroxylation is 1. The normalized spacial score (nSPS) is 12.6. The molecule has 0 heterocycles. The summed E-state index contributed by atoms with van der Waals surface area (Å²) < 4.78 is 39.9. The van der Waals surface area contributed by atoms with Crippen molar-refractivity contribution in [2.75, 3.05) is 25.1 Å². The van der Waals surface area contributed by atoms with Crippen LogP contribution in [0.5, 0.6) is 11.5 Å². The van der Waals surface area contributed by atoms with Gasteiger partial charge >= 0.3 is 0 Å². The zero-order valence-electron chi connectivity index (χ0n) is 24.5. The minimum atomic E-state index is -4.20. The number of carbonyl (C=O) groups is 2. The van der Waals surface area contributed by atoms with Gasteiger partial charge in [0.2, 0.25) is 11.8 Å². The van der Waals surface area contributed by atoms with Gasteiger partial charge in [-0.2, -0.15) is 0 Å². The van der Waals surface area contributed by atoms with Crippen LogP contribution in [0.2, 0.25) is 0 Å². The highest BCUT2D eigenvalue weighted by atomic mass is 32.2. The van der Waals surface area contributed by atoms with Gasteiger partial charge in [-0.1, -0.05) is 43.3 Å².